The standard InChI is InChI=1S/C21H17BrCl2N6O3/c1-12-8-13(11-25)9-15(29(21(32)33)7-3-5-23)18(12)27-20(31)16-10-17(22)28-30(16)19-14(24)4-2-6-26-19/h2,4,6,8-10H,3,5,7H2,1H3,(H,27,31)(H,32,33). The van der Waals surface area contributed by atoms with Gasteiger partial charge in [-0.25, -0.2) is 14.5 Å². The van der Waals surface area contributed by atoms with E-state index >= 15 is 0 Å². The number of aromatic nitrogens is 3. The van der Waals surface area contributed by atoms with Crippen molar-refractivity contribution in [1.29, 1.82) is 5.26 Å². The van der Waals surface area contributed by atoms with Gasteiger partial charge in [0, 0.05) is 24.7 Å². The number of rotatable bonds is 7. The molecule has 9 nitrogen and oxygen atoms in total. The van der Waals surface area contributed by atoms with E-state index in [1.807, 2.05) is 6.07 Å². The van der Waals surface area contributed by atoms with E-state index < -0.39 is 12.0 Å². The van der Waals surface area contributed by atoms with Gasteiger partial charge < -0.3 is 10.4 Å². The van der Waals surface area contributed by atoms with E-state index in [2.05, 4.69) is 31.3 Å². The van der Waals surface area contributed by atoms with Gasteiger partial charge in [0.1, 0.15) is 10.3 Å². The molecule has 0 atom stereocenters. The summed E-state index contributed by atoms with van der Waals surface area (Å²) in [4.78, 5) is 30.5. The third kappa shape index (κ3) is 5.45. The van der Waals surface area contributed by atoms with Crippen LogP contribution in [-0.2, 0) is 0 Å². The smallest absolute Gasteiger partial charge is 0.411 e. The van der Waals surface area contributed by atoms with Crippen molar-refractivity contribution in [2.75, 3.05) is 22.6 Å². The predicted molar refractivity (Wildman–Crippen MR) is 129 cm³/mol. The number of carbonyl (C=O) groups is 2. The number of anilines is 2. The van der Waals surface area contributed by atoms with Crippen LogP contribution in [0.4, 0.5) is 16.2 Å². The maximum atomic E-state index is 13.3. The van der Waals surface area contributed by atoms with E-state index in [1.165, 1.54) is 23.0 Å². The van der Waals surface area contributed by atoms with E-state index in [9.17, 15) is 20.0 Å². The van der Waals surface area contributed by atoms with Gasteiger partial charge in [0.25, 0.3) is 5.91 Å². The quantitative estimate of drug-likeness (QED) is 0.387. The maximum absolute atomic E-state index is 13.3. The summed E-state index contributed by atoms with van der Waals surface area (Å²) < 4.78 is 1.66. The molecule has 0 unspecified atom stereocenters. The van der Waals surface area contributed by atoms with Crippen molar-refractivity contribution in [3.63, 3.8) is 0 Å². The number of alkyl halides is 1. The lowest BCUT2D eigenvalue weighted by atomic mass is 10.1. The number of carboxylic acid groups (broad SMARTS) is 1. The molecular formula is C21H17BrCl2N6O3. The average molecular weight is 552 g/mol. The largest absolute Gasteiger partial charge is 0.465 e. The highest BCUT2D eigenvalue weighted by atomic mass is 79.9. The van der Waals surface area contributed by atoms with Crippen LogP contribution in [0.25, 0.3) is 5.82 Å². The Morgan fingerprint density at radius 1 is 1.36 bits per heavy atom. The molecule has 0 fully saturated rings. The van der Waals surface area contributed by atoms with Crippen LogP contribution in [0, 0.1) is 18.3 Å². The number of nitrogens with one attached hydrogen (secondary N) is 1. The van der Waals surface area contributed by atoms with Gasteiger partial charge in [-0.2, -0.15) is 10.4 Å². The minimum Gasteiger partial charge on any atom is -0.465 e. The van der Waals surface area contributed by atoms with Crippen LogP contribution < -0.4 is 10.2 Å². The maximum Gasteiger partial charge on any atom is 0.411 e. The number of halogens is 3. The molecule has 12 heteroatoms. The minimum atomic E-state index is -1.24. The van der Waals surface area contributed by atoms with Crippen molar-refractivity contribution in [1.82, 2.24) is 14.8 Å². The first-order chi connectivity index (χ1) is 15.8. The molecule has 170 valence electrons. The van der Waals surface area contributed by atoms with Crippen molar-refractivity contribution < 1.29 is 14.7 Å². The molecule has 3 aromatic rings. The topological polar surface area (TPSA) is 124 Å². The Kier molecular flexibility index (Phi) is 7.92. The van der Waals surface area contributed by atoms with E-state index in [1.54, 1.807) is 25.1 Å². The number of carbonyl (C=O) groups excluding carboxylic acids is 1. The van der Waals surface area contributed by atoms with Gasteiger partial charge in [0.05, 0.1) is 28.0 Å². The van der Waals surface area contributed by atoms with Crippen LogP contribution in [0.2, 0.25) is 5.02 Å². The highest BCUT2D eigenvalue weighted by Gasteiger charge is 2.24. The number of hydrogen-bond acceptors (Lipinski definition) is 5. The summed E-state index contributed by atoms with van der Waals surface area (Å²) in [5.74, 6) is -0.0757. The fraction of sp³-hybridized carbons (Fsp3) is 0.190. The Hall–Kier alpha value is -3.13. The summed E-state index contributed by atoms with van der Waals surface area (Å²) in [6.07, 6.45) is 0.663. The van der Waals surface area contributed by atoms with Crippen molar-refractivity contribution in [2.45, 2.75) is 13.3 Å². The third-order valence-corrected chi connectivity index (χ3v) is 5.52. The molecular weight excluding hydrogens is 535 g/mol. The Bertz CT molecular complexity index is 1260. The molecule has 0 saturated carbocycles. The fourth-order valence-corrected chi connectivity index (χ4v) is 3.83. The molecule has 0 aliphatic heterocycles. The third-order valence-electron chi connectivity index (χ3n) is 4.57. The summed E-state index contributed by atoms with van der Waals surface area (Å²) in [7, 11) is 0. The normalized spacial score (nSPS) is 10.5. The van der Waals surface area contributed by atoms with Gasteiger partial charge in [-0.3, -0.25) is 9.69 Å². The molecule has 0 saturated heterocycles. The Morgan fingerprint density at radius 3 is 2.76 bits per heavy atom. The van der Waals surface area contributed by atoms with Crippen molar-refractivity contribution in [3.8, 4) is 11.9 Å². The number of pyridine rings is 1. The number of nitrogens with zero attached hydrogens (tertiary/aromatic N) is 5. The first-order valence-electron chi connectivity index (χ1n) is 9.55. The monoisotopic (exact) mass is 550 g/mol. The predicted octanol–water partition coefficient (Wildman–Crippen LogP) is 5.23. The molecule has 33 heavy (non-hydrogen) atoms. The second-order valence-electron chi connectivity index (χ2n) is 6.80. The van der Waals surface area contributed by atoms with Gasteiger partial charge >= 0.3 is 6.09 Å². The lowest BCUT2D eigenvalue weighted by molar-refractivity contribution is 0.101. The molecule has 2 heterocycles. The number of aryl methyl sites for hydroxylation is 1. The lowest BCUT2D eigenvalue weighted by Gasteiger charge is -2.24. The van der Waals surface area contributed by atoms with E-state index in [4.69, 9.17) is 23.2 Å². The SMILES string of the molecule is Cc1cc(C#N)cc(N(CCCCl)C(=O)O)c1NC(=O)c1cc(Br)nn1-c1ncccc1Cl. The molecule has 2 N–H and O–H groups in total. The van der Waals surface area contributed by atoms with Crippen LogP contribution in [0.1, 0.15) is 28.0 Å². The summed E-state index contributed by atoms with van der Waals surface area (Å²) in [5, 5.41) is 26.4. The summed E-state index contributed by atoms with van der Waals surface area (Å²) in [6, 6.07) is 9.73. The van der Waals surface area contributed by atoms with Crippen LogP contribution >= 0.6 is 39.1 Å². The first-order valence-corrected chi connectivity index (χ1v) is 11.3. The number of hydrogen-bond donors (Lipinski definition) is 2. The Balaban J connectivity index is 2.08. The zero-order valence-electron chi connectivity index (χ0n) is 17.2. The van der Waals surface area contributed by atoms with Crippen LogP contribution in [0.3, 0.4) is 0 Å². The van der Waals surface area contributed by atoms with Gasteiger partial charge in [0.15, 0.2) is 5.82 Å². The molecule has 2 aromatic heterocycles. The zero-order chi connectivity index (χ0) is 24.1. The molecule has 0 bridgehead atoms. The van der Waals surface area contributed by atoms with Gasteiger partial charge in [-0.1, -0.05) is 11.6 Å². The highest BCUT2D eigenvalue weighted by Crippen LogP contribution is 2.32. The second-order valence-corrected chi connectivity index (χ2v) is 8.40. The average Bonchev–Trinajstić information content (AvgIpc) is 3.17. The van der Waals surface area contributed by atoms with E-state index in [0.29, 0.717) is 16.6 Å². The molecule has 3 rings (SSSR count). The van der Waals surface area contributed by atoms with E-state index in [0.717, 1.165) is 4.90 Å². The van der Waals surface area contributed by atoms with Crippen molar-refractivity contribution >= 4 is 62.5 Å². The molecule has 0 aliphatic carbocycles. The molecule has 0 spiro atoms. The first kappa shape index (κ1) is 24.5. The number of amides is 2. The van der Waals surface area contributed by atoms with Gasteiger partial charge in [-0.15, -0.1) is 11.6 Å². The van der Waals surface area contributed by atoms with Crippen LogP contribution in [0.15, 0.2) is 41.1 Å². The Morgan fingerprint density at radius 2 is 2.12 bits per heavy atom. The summed E-state index contributed by atoms with van der Waals surface area (Å²) in [6.45, 7) is 1.76. The number of nitriles is 1. The fourth-order valence-electron chi connectivity index (χ4n) is 3.13. The summed E-state index contributed by atoms with van der Waals surface area (Å²) in [5.41, 5.74) is 1.28. The molecule has 0 radical (unpaired) electrons. The van der Waals surface area contributed by atoms with E-state index in [-0.39, 0.29) is 45.9 Å². The van der Waals surface area contributed by atoms with Crippen LogP contribution in [0.5, 0.6) is 0 Å². The Labute approximate surface area is 207 Å². The van der Waals surface area contributed by atoms with Gasteiger partial charge in [-0.05, 0) is 59.1 Å². The van der Waals surface area contributed by atoms with Gasteiger partial charge in [0.2, 0.25) is 0 Å². The van der Waals surface area contributed by atoms with Crippen LogP contribution in [-0.4, -0.2) is 44.3 Å². The molecule has 2 amide bonds. The summed E-state index contributed by atoms with van der Waals surface area (Å²) >= 11 is 15.2. The number of benzene rings is 1. The van der Waals surface area contributed by atoms with Crippen molar-refractivity contribution in [3.05, 3.63) is 63.0 Å². The van der Waals surface area contributed by atoms with Crippen molar-refractivity contribution in [2.24, 2.45) is 0 Å². The lowest BCUT2D eigenvalue weighted by Crippen LogP contribution is -2.32. The zero-order valence-corrected chi connectivity index (χ0v) is 20.3. The minimum absolute atomic E-state index is 0.0864. The molecule has 0 aliphatic rings. The second kappa shape index (κ2) is 10.7. The highest BCUT2D eigenvalue weighted by molar-refractivity contribution is 9.10. The molecule has 1 aromatic carbocycles.